The molecule has 0 radical (unpaired) electrons. The van der Waals surface area contributed by atoms with Gasteiger partial charge in [0.05, 0.1) is 12.6 Å². The molecule has 1 aliphatic rings. The zero-order chi connectivity index (χ0) is 13.8. The van der Waals surface area contributed by atoms with Crippen molar-refractivity contribution in [2.24, 2.45) is 0 Å². The van der Waals surface area contributed by atoms with Gasteiger partial charge in [0.25, 0.3) is 5.91 Å². The Kier molecular flexibility index (Phi) is 4.60. The number of amides is 1. The SMILES string of the molecule is CC(C)Nc1nc(N)c(C(=O)NC2CCCOC2)s1. The first-order valence-corrected chi connectivity index (χ1v) is 7.29. The van der Waals surface area contributed by atoms with Crippen LogP contribution in [-0.4, -0.2) is 36.2 Å². The molecule has 1 fully saturated rings. The van der Waals surface area contributed by atoms with Crippen molar-refractivity contribution < 1.29 is 9.53 Å². The largest absolute Gasteiger partial charge is 0.382 e. The lowest BCUT2D eigenvalue weighted by Crippen LogP contribution is -2.40. The number of nitrogen functional groups attached to an aromatic ring is 1. The molecule has 1 saturated heterocycles. The van der Waals surface area contributed by atoms with Crippen molar-refractivity contribution in [2.75, 3.05) is 24.3 Å². The van der Waals surface area contributed by atoms with E-state index in [0.717, 1.165) is 19.4 Å². The highest BCUT2D eigenvalue weighted by molar-refractivity contribution is 7.18. The number of thiazole rings is 1. The van der Waals surface area contributed by atoms with Crippen LogP contribution in [0.15, 0.2) is 0 Å². The summed E-state index contributed by atoms with van der Waals surface area (Å²) in [6.07, 6.45) is 1.92. The predicted octanol–water partition coefficient (Wildman–Crippen LogP) is 1.45. The Balaban J connectivity index is 1.99. The molecule has 1 atom stereocenters. The van der Waals surface area contributed by atoms with Crippen molar-refractivity contribution in [3.63, 3.8) is 0 Å². The summed E-state index contributed by atoms with van der Waals surface area (Å²) in [6.45, 7) is 5.37. The fraction of sp³-hybridized carbons (Fsp3) is 0.667. The number of hydrogen-bond acceptors (Lipinski definition) is 6. The van der Waals surface area contributed by atoms with Gasteiger partial charge in [-0.05, 0) is 26.7 Å². The molecule has 4 N–H and O–H groups in total. The highest BCUT2D eigenvalue weighted by Crippen LogP contribution is 2.25. The van der Waals surface area contributed by atoms with Gasteiger partial charge in [-0.25, -0.2) is 4.98 Å². The molecule has 1 aliphatic heterocycles. The van der Waals surface area contributed by atoms with Crippen LogP contribution in [0, 0.1) is 0 Å². The zero-order valence-corrected chi connectivity index (χ0v) is 12.0. The maximum Gasteiger partial charge on any atom is 0.265 e. The Morgan fingerprint density at radius 3 is 3.00 bits per heavy atom. The lowest BCUT2D eigenvalue weighted by Gasteiger charge is -2.22. The van der Waals surface area contributed by atoms with Crippen LogP contribution in [-0.2, 0) is 4.74 Å². The third-order valence-electron chi connectivity index (χ3n) is 2.77. The molecule has 1 amide bonds. The quantitative estimate of drug-likeness (QED) is 0.779. The molecular formula is C12H20N4O2S. The van der Waals surface area contributed by atoms with E-state index in [4.69, 9.17) is 10.5 Å². The number of aromatic nitrogens is 1. The summed E-state index contributed by atoms with van der Waals surface area (Å²) >= 11 is 1.28. The van der Waals surface area contributed by atoms with E-state index in [0.29, 0.717) is 16.6 Å². The maximum atomic E-state index is 12.1. The number of hydrogen-bond donors (Lipinski definition) is 3. The van der Waals surface area contributed by atoms with Gasteiger partial charge in [-0.2, -0.15) is 0 Å². The van der Waals surface area contributed by atoms with E-state index >= 15 is 0 Å². The molecule has 6 nitrogen and oxygen atoms in total. The molecule has 0 spiro atoms. The van der Waals surface area contributed by atoms with Crippen molar-refractivity contribution in [1.29, 1.82) is 0 Å². The Labute approximate surface area is 116 Å². The Hall–Kier alpha value is -1.34. The van der Waals surface area contributed by atoms with Crippen LogP contribution in [0.25, 0.3) is 0 Å². The van der Waals surface area contributed by atoms with E-state index in [1.54, 1.807) is 0 Å². The predicted molar refractivity (Wildman–Crippen MR) is 76.6 cm³/mol. The molecule has 106 valence electrons. The number of rotatable bonds is 4. The minimum atomic E-state index is -0.165. The number of anilines is 2. The molecule has 0 aromatic carbocycles. The maximum absolute atomic E-state index is 12.1. The van der Waals surface area contributed by atoms with Crippen molar-refractivity contribution >= 4 is 28.2 Å². The zero-order valence-electron chi connectivity index (χ0n) is 11.2. The topological polar surface area (TPSA) is 89.3 Å². The normalized spacial score (nSPS) is 19.4. The van der Waals surface area contributed by atoms with Gasteiger partial charge < -0.3 is 21.1 Å². The number of nitrogens with one attached hydrogen (secondary N) is 2. The van der Waals surface area contributed by atoms with Crippen LogP contribution in [0.5, 0.6) is 0 Å². The summed E-state index contributed by atoms with van der Waals surface area (Å²) in [4.78, 5) is 16.8. The second-order valence-corrected chi connectivity index (χ2v) is 5.92. The molecule has 0 saturated carbocycles. The molecule has 1 unspecified atom stereocenters. The average Bonchev–Trinajstić information content (AvgIpc) is 2.70. The highest BCUT2D eigenvalue weighted by Gasteiger charge is 2.21. The molecule has 0 aliphatic carbocycles. The lowest BCUT2D eigenvalue weighted by atomic mass is 10.1. The van der Waals surface area contributed by atoms with Gasteiger partial charge in [0.1, 0.15) is 10.7 Å². The fourth-order valence-electron chi connectivity index (χ4n) is 1.91. The fourth-order valence-corrected chi connectivity index (χ4v) is 2.84. The van der Waals surface area contributed by atoms with Gasteiger partial charge in [-0.3, -0.25) is 4.79 Å². The van der Waals surface area contributed by atoms with E-state index in [2.05, 4.69) is 15.6 Å². The Bertz CT molecular complexity index is 441. The van der Waals surface area contributed by atoms with Crippen molar-refractivity contribution in [2.45, 2.75) is 38.8 Å². The summed E-state index contributed by atoms with van der Waals surface area (Å²) in [6, 6.07) is 0.331. The molecule has 7 heteroatoms. The highest BCUT2D eigenvalue weighted by atomic mass is 32.1. The number of carbonyl (C=O) groups excluding carboxylic acids is 1. The second-order valence-electron chi connectivity index (χ2n) is 4.92. The van der Waals surface area contributed by atoms with Crippen LogP contribution < -0.4 is 16.4 Å². The van der Waals surface area contributed by atoms with Crippen LogP contribution in [0.2, 0.25) is 0 Å². The first-order valence-electron chi connectivity index (χ1n) is 6.47. The summed E-state index contributed by atoms with van der Waals surface area (Å²) in [5.74, 6) is 0.115. The number of ether oxygens (including phenoxy) is 1. The van der Waals surface area contributed by atoms with E-state index in [-0.39, 0.29) is 23.8 Å². The second kappa shape index (κ2) is 6.21. The van der Waals surface area contributed by atoms with E-state index < -0.39 is 0 Å². The molecule has 0 bridgehead atoms. The van der Waals surface area contributed by atoms with E-state index in [9.17, 15) is 4.79 Å². The molecule has 2 rings (SSSR count). The third-order valence-corrected chi connectivity index (χ3v) is 3.77. The Morgan fingerprint density at radius 2 is 2.37 bits per heavy atom. The van der Waals surface area contributed by atoms with Crippen LogP contribution >= 0.6 is 11.3 Å². The van der Waals surface area contributed by atoms with E-state index in [1.807, 2.05) is 13.8 Å². The number of nitrogens with two attached hydrogens (primary N) is 1. The summed E-state index contributed by atoms with van der Waals surface area (Å²) in [5.41, 5.74) is 5.79. The Morgan fingerprint density at radius 1 is 1.58 bits per heavy atom. The standard InChI is InChI=1S/C12H20N4O2S/c1-7(2)14-12-16-10(13)9(19-12)11(17)15-8-4-3-5-18-6-8/h7-8H,3-6,13H2,1-2H3,(H,14,16)(H,15,17). The smallest absolute Gasteiger partial charge is 0.265 e. The summed E-state index contributed by atoms with van der Waals surface area (Å²) in [7, 11) is 0. The van der Waals surface area contributed by atoms with Gasteiger partial charge in [-0.15, -0.1) is 0 Å². The van der Waals surface area contributed by atoms with Crippen LogP contribution in [0.4, 0.5) is 10.9 Å². The number of carbonyl (C=O) groups is 1. The summed E-state index contributed by atoms with van der Waals surface area (Å²) in [5, 5.41) is 6.77. The van der Waals surface area contributed by atoms with Crippen LogP contribution in [0.3, 0.4) is 0 Å². The lowest BCUT2D eigenvalue weighted by molar-refractivity contribution is 0.0626. The van der Waals surface area contributed by atoms with Crippen molar-refractivity contribution in [3.05, 3.63) is 4.88 Å². The first-order chi connectivity index (χ1) is 9.06. The third kappa shape index (κ3) is 3.81. The molecule has 1 aromatic rings. The van der Waals surface area contributed by atoms with Crippen LogP contribution in [0.1, 0.15) is 36.4 Å². The number of nitrogens with zero attached hydrogens (tertiary/aromatic N) is 1. The van der Waals surface area contributed by atoms with Crippen molar-refractivity contribution in [3.8, 4) is 0 Å². The van der Waals surface area contributed by atoms with Gasteiger partial charge in [0, 0.05) is 12.6 Å². The van der Waals surface area contributed by atoms with Gasteiger partial charge >= 0.3 is 0 Å². The molecular weight excluding hydrogens is 264 g/mol. The molecule has 19 heavy (non-hydrogen) atoms. The van der Waals surface area contributed by atoms with Gasteiger partial charge in [0.2, 0.25) is 0 Å². The molecule has 1 aromatic heterocycles. The molecule has 2 heterocycles. The minimum Gasteiger partial charge on any atom is -0.382 e. The van der Waals surface area contributed by atoms with Gasteiger partial charge in [0.15, 0.2) is 5.13 Å². The minimum absolute atomic E-state index is 0.0734. The first kappa shape index (κ1) is 14.1. The average molecular weight is 284 g/mol. The van der Waals surface area contributed by atoms with Gasteiger partial charge in [-0.1, -0.05) is 11.3 Å². The summed E-state index contributed by atoms with van der Waals surface area (Å²) < 4.78 is 5.34. The van der Waals surface area contributed by atoms with E-state index in [1.165, 1.54) is 11.3 Å². The van der Waals surface area contributed by atoms with Crippen molar-refractivity contribution in [1.82, 2.24) is 10.3 Å². The monoisotopic (exact) mass is 284 g/mol.